The number of aryl methyl sites for hydroxylation is 1. The third kappa shape index (κ3) is 5.74. The quantitative estimate of drug-likeness (QED) is 0.273. The summed E-state index contributed by atoms with van der Waals surface area (Å²) in [5.41, 5.74) is 5.00. The standard InChI is InChI=1S/C30H32FN5O2S/c1-21(2)18-34-13-14-35(39(37,38)20-23-5-9-26(32-4)10-6-23)19-30(34)28-16-24-17-33-36(29(24)15-22(28)3)27-11-7-25(31)8-12-27/h5-12,15-17,21,30H,13-14,18-20H2,1-3H3/t30-/m1/s1. The Balaban J connectivity index is 1.46. The van der Waals surface area contributed by atoms with E-state index in [1.165, 1.54) is 12.1 Å². The van der Waals surface area contributed by atoms with Crippen molar-refractivity contribution in [1.29, 1.82) is 0 Å². The second-order valence-electron chi connectivity index (χ2n) is 10.6. The summed E-state index contributed by atoms with van der Waals surface area (Å²) in [7, 11) is -3.56. The Hall–Kier alpha value is -3.58. The summed E-state index contributed by atoms with van der Waals surface area (Å²) in [4.78, 5) is 5.78. The van der Waals surface area contributed by atoms with E-state index in [9.17, 15) is 12.8 Å². The number of hydrogen-bond acceptors (Lipinski definition) is 4. The number of nitrogens with zero attached hydrogens (tertiary/aromatic N) is 5. The summed E-state index contributed by atoms with van der Waals surface area (Å²) in [6, 6.07) is 17.1. The molecule has 1 saturated heterocycles. The minimum absolute atomic E-state index is 0.0926. The van der Waals surface area contributed by atoms with E-state index in [0.717, 1.165) is 34.3 Å². The maximum atomic E-state index is 13.5. The van der Waals surface area contributed by atoms with Gasteiger partial charge in [-0.3, -0.25) is 4.90 Å². The topological polar surface area (TPSA) is 62.8 Å². The van der Waals surface area contributed by atoms with Gasteiger partial charge in [0, 0.05) is 37.6 Å². The molecule has 0 aliphatic carbocycles. The van der Waals surface area contributed by atoms with E-state index in [0.29, 0.717) is 36.8 Å². The van der Waals surface area contributed by atoms with Crippen molar-refractivity contribution in [2.24, 2.45) is 5.92 Å². The van der Waals surface area contributed by atoms with Crippen molar-refractivity contribution in [2.45, 2.75) is 32.6 Å². The van der Waals surface area contributed by atoms with Crippen LogP contribution in [-0.2, 0) is 15.8 Å². The molecule has 5 rings (SSSR count). The molecule has 1 aliphatic rings. The van der Waals surface area contributed by atoms with E-state index >= 15 is 0 Å². The molecule has 0 radical (unpaired) electrons. The van der Waals surface area contributed by atoms with Crippen molar-refractivity contribution >= 4 is 26.6 Å². The van der Waals surface area contributed by atoms with Crippen LogP contribution < -0.4 is 0 Å². The highest BCUT2D eigenvalue weighted by Crippen LogP contribution is 2.33. The Bertz CT molecular complexity index is 1620. The zero-order chi connectivity index (χ0) is 27.7. The molecule has 7 nitrogen and oxygen atoms in total. The average molecular weight is 546 g/mol. The van der Waals surface area contributed by atoms with Gasteiger partial charge in [0.25, 0.3) is 0 Å². The van der Waals surface area contributed by atoms with Gasteiger partial charge in [0.05, 0.1) is 29.7 Å². The number of benzene rings is 3. The number of aromatic nitrogens is 2. The van der Waals surface area contributed by atoms with Crippen molar-refractivity contribution in [3.8, 4) is 5.69 Å². The normalized spacial score (nSPS) is 17.1. The van der Waals surface area contributed by atoms with Crippen molar-refractivity contribution in [3.63, 3.8) is 0 Å². The van der Waals surface area contributed by atoms with Gasteiger partial charge >= 0.3 is 0 Å². The lowest BCUT2D eigenvalue weighted by Gasteiger charge is -2.42. The van der Waals surface area contributed by atoms with Crippen molar-refractivity contribution < 1.29 is 12.8 Å². The minimum Gasteiger partial charge on any atom is -0.293 e. The molecule has 0 unspecified atom stereocenters. The molecule has 39 heavy (non-hydrogen) atoms. The highest BCUT2D eigenvalue weighted by atomic mass is 32.2. The number of rotatable bonds is 7. The van der Waals surface area contributed by atoms with Gasteiger partial charge in [-0.25, -0.2) is 22.3 Å². The Morgan fingerprint density at radius 1 is 1.08 bits per heavy atom. The molecule has 1 aromatic heterocycles. The fourth-order valence-electron chi connectivity index (χ4n) is 5.34. The molecule has 4 aromatic rings. The molecule has 202 valence electrons. The Kier molecular flexibility index (Phi) is 7.54. The lowest BCUT2D eigenvalue weighted by atomic mass is 9.96. The molecule has 0 N–H and O–H groups in total. The van der Waals surface area contributed by atoms with Gasteiger partial charge in [-0.15, -0.1) is 0 Å². The minimum atomic E-state index is -3.56. The van der Waals surface area contributed by atoms with Gasteiger partial charge in [-0.05, 0) is 65.9 Å². The van der Waals surface area contributed by atoms with Crippen LogP contribution in [0.5, 0.6) is 0 Å². The lowest BCUT2D eigenvalue weighted by Crippen LogP contribution is -2.51. The highest BCUT2D eigenvalue weighted by Gasteiger charge is 2.35. The molecule has 1 aliphatic heterocycles. The Labute approximate surface area is 229 Å². The van der Waals surface area contributed by atoms with Crippen LogP contribution in [0.2, 0.25) is 0 Å². The van der Waals surface area contributed by atoms with Crippen molar-refractivity contribution in [1.82, 2.24) is 19.0 Å². The van der Waals surface area contributed by atoms with Gasteiger partial charge in [0.15, 0.2) is 5.69 Å². The summed E-state index contributed by atoms with van der Waals surface area (Å²) in [6.07, 6.45) is 1.80. The van der Waals surface area contributed by atoms with Crippen LogP contribution in [0, 0.1) is 25.2 Å². The Morgan fingerprint density at radius 2 is 1.79 bits per heavy atom. The first-order valence-electron chi connectivity index (χ1n) is 13.1. The molecule has 0 saturated carbocycles. The molecule has 2 heterocycles. The van der Waals surface area contributed by atoms with Gasteiger partial charge < -0.3 is 0 Å². The molecule has 3 aromatic carbocycles. The highest BCUT2D eigenvalue weighted by molar-refractivity contribution is 7.88. The van der Waals surface area contributed by atoms with E-state index in [2.05, 4.69) is 47.7 Å². The number of halogens is 1. The smallest absolute Gasteiger partial charge is 0.218 e. The van der Waals surface area contributed by atoms with Gasteiger partial charge in [-0.2, -0.15) is 9.40 Å². The van der Waals surface area contributed by atoms with Crippen LogP contribution in [0.25, 0.3) is 21.4 Å². The molecule has 0 amide bonds. The number of hydrogen-bond donors (Lipinski definition) is 0. The van der Waals surface area contributed by atoms with Crippen LogP contribution in [0.3, 0.4) is 0 Å². The van der Waals surface area contributed by atoms with E-state index in [4.69, 9.17) is 6.57 Å². The third-order valence-corrected chi connectivity index (χ3v) is 9.06. The van der Waals surface area contributed by atoms with Crippen LogP contribution in [-0.4, -0.2) is 53.6 Å². The summed E-state index contributed by atoms with van der Waals surface area (Å²) in [5.74, 6) is 0.0444. The average Bonchev–Trinajstić information content (AvgIpc) is 3.31. The van der Waals surface area contributed by atoms with Crippen LogP contribution in [0.15, 0.2) is 66.9 Å². The van der Waals surface area contributed by atoms with E-state index in [1.807, 2.05) is 0 Å². The van der Waals surface area contributed by atoms with Crippen molar-refractivity contribution in [2.75, 3.05) is 26.2 Å². The van der Waals surface area contributed by atoms with Crippen molar-refractivity contribution in [3.05, 3.63) is 101 Å². The SMILES string of the molecule is [C-]#[N+]c1ccc(CS(=O)(=O)N2CCN(CC(C)C)[C@@H](c3cc4cnn(-c5ccc(F)cc5)c4cc3C)C2)cc1. The molecule has 1 fully saturated rings. The first kappa shape index (κ1) is 27.0. The monoisotopic (exact) mass is 545 g/mol. The molecule has 1 atom stereocenters. The molecule has 0 spiro atoms. The molecular formula is C30H32FN5O2S. The van der Waals surface area contributed by atoms with Gasteiger partial charge in [0.2, 0.25) is 10.0 Å². The lowest BCUT2D eigenvalue weighted by molar-refractivity contribution is 0.105. The molecule has 9 heteroatoms. The Morgan fingerprint density at radius 3 is 2.46 bits per heavy atom. The first-order valence-corrected chi connectivity index (χ1v) is 14.7. The number of sulfonamides is 1. The van der Waals surface area contributed by atoms with Crippen LogP contribution in [0.1, 0.15) is 36.6 Å². The second-order valence-corrected chi connectivity index (χ2v) is 12.6. The zero-order valence-corrected chi connectivity index (χ0v) is 23.2. The van der Waals surface area contributed by atoms with Crippen LogP contribution >= 0.6 is 0 Å². The van der Waals surface area contributed by atoms with E-state index in [-0.39, 0.29) is 17.6 Å². The van der Waals surface area contributed by atoms with E-state index in [1.54, 1.807) is 51.6 Å². The molecular weight excluding hydrogens is 513 g/mol. The maximum absolute atomic E-state index is 13.5. The summed E-state index contributed by atoms with van der Waals surface area (Å²) in [6.45, 7) is 15.8. The zero-order valence-electron chi connectivity index (χ0n) is 22.4. The molecule has 0 bridgehead atoms. The van der Waals surface area contributed by atoms with Gasteiger partial charge in [-0.1, -0.05) is 38.1 Å². The summed E-state index contributed by atoms with van der Waals surface area (Å²) in [5, 5.41) is 5.51. The predicted octanol–water partition coefficient (Wildman–Crippen LogP) is 5.87. The fourth-order valence-corrected chi connectivity index (χ4v) is 6.87. The summed E-state index contributed by atoms with van der Waals surface area (Å²) < 4.78 is 43.9. The number of piperazine rings is 1. The summed E-state index contributed by atoms with van der Waals surface area (Å²) >= 11 is 0. The first-order chi connectivity index (χ1) is 18.6. The van der Waals surface area contributed by atoms with Gasteiger partial charge in [0.1, 0.15) is 5.82 Å². The van der Waals surface area contributed by atoms with E-state index < -0.39 is 10.0 Å². The second kappa shape index (κ2) is 10.9. The third-order valence-electron chi connectivity index (χ3n) is 7.25. The number of fused-ring (bicyclic) bond motifs is 1. The maximum Gasteiger partial charge on any atom is 0.218 e. The largest absolute Gasteiger partial charge is 0.293 e. The fraction of sp³-hybridized carbons (Fsp3) is 0.333. The predicted molar refractivity (Wildman–Crippen MR) is 152 cm³/mol. The van der Waals surface area contributed by atoms with Crippen LogP contribution in [0.4, 0.5) is 10.1 Å².